The molecule has 2 aromatic carbocycles. The number of likely N-dealkylation sites (N-methyl/N-ethyl adjacent to an activating group) is 1. The van der Waals surface area contributed by atoms with E-state index in [9.17, 15) is 15.0 Å². The summed E-state index contributed by atoms with van der Waals surface area (Å²) in [5.41, 5.74) is 7.83. The lowest BCUT2D eigenvalue weighted by Gasteiger charge is -2.31. The molecular formula is C20H24N3O3S+. The number of aromatic nitrogens is 1. The minimum atomic E-state index is -0.498. The maximum absolute atomic E-state index is 11.9. The van der Waals surface area contributed by atoms with Gasteiger partial charge in [0.2, 0.25) is 0 Å². The molecule has 1 atom stereocenters. The van der Waals surface area contributed by atoms with Crippen LogP contribution in [0.1, 0.15) is 16.1 Å². The smallest absolute Gasteiger partial charge is 0.266 e. The van der Waals surface area contributed by atoms with E-state index in [1.54, 1.807) is 0 Å². The van der Waals surface area contributed by atoms with Crippen molar-refractivity contribution in [2.24, 2.45) is 5.73 Å². The number of carbonyl (C=O) groups is 1. The van der Waals surface area contributed by atoms with E-state index in [2.05, 4.69) is 4.98 Å². The summed E-state index contributed by atoms with van der Waals surface area (Å²) in [5.74, 6) is -0.498. The van der Waals surface area contributed by atoms with E-state index >= 15 is 0 Å². The zero-order chi connectivity index (χ0) is 19.4. The van der Waals surface area contributed by atoms with Crippen LogP contribution in [0.2, 0.25) is 0 Å². The second-order valence-corrected chi connectivity index (χ2v) is 7.94. The van der Waals surface area contributed by atoms with Crippen molar-refractivity contribution in [2.75, 3.05) is 26.9 Å². The Kier molecular flexibility index (Phi) is 5.86. The maximum Gasteiger partial charge on any atom is 0.266 e. The number of nitrogens with one attached hydrogen (secondary N) is 1. The molecular weight excluding hydrogens is 362 g/mol. The molecule has 0 aliphatic heterocycles. The molecule has 0 spiro atoms. The van der Waals surface area contributed by atoms with Gasteiger partial charge in [-0.2, -0.15) is 0 Å². The zero-order valence-corrected chi connectivity index (χ0v) is 16.0. The largest absolute Gasteiger partial charge is 0.391 e. The minimum Gasteiger partial charge on any atom is -0.391 e. The quantitative estimate of drug-likeness (QED) is 0.353. The first-order valence-electron chi connectivity index (χ1n) is 8.68. The molecule has 0 aliphatic carbocycles. The molecule has 27 heavy (non-hydrogen) atoms. The van der Waals surface area contributed by atoms with E-state index in [-0.39, 0.29) is 13.3 Å². The fourth-order valence-corrected chi connectivity index (χ4v) is 4.14. The number of nitrogens with zero attached hydrogens (tertiary/aromatic N) is 1. The molecule has 0 saturated heterocycles. The van der Waals surface area contributed by atoms with Crippen LogP contribution in [0.4, 0.5) is 0 Å². The van der Waals surface area contributed by atoms with Crippen LogP contribution in [0.15, 0.2) is 58.3 Å². The number of primary amides is 1. The van der Waals surface area contributed by atoms with Crippen molar-refractivity contribution < 1.29 is 19.5 Å². The van der Waals surface area contributed by atoms with E-state index in [1.165, 1.54) is 11.8 Å². The molecule has 0 radical (unpaired) electrons. The number of amides is 1. The van der Waals surface area contributed by atoms with Crippen LogP contribution in [0.5, 0.6) is 0 Å². The van der Waals surface area contributed by atoms with Crippen LogP contribution in [0, 0.1) is 0 Å². The van der Waals surface area contributed by atoms with E-state index in [0.717, 1.165) is 26.3 Å². The van der Waals surface area contributed by atoms with Gasteiger partial charge in [0, 0.05) is 21.4 Å². The Labute approximate surface area is 162 Å². The van der Waals surface area contributed by atoms with E-state index in [0.29, 0.717) is 23.3 Å². The summed E-state index contributed by atoms with van der Waals surface area (Å²) in [6.45, 7) is 0.966. The molecule has 6 nitrogen and oxygen atoms in total. The number of aromatic amines is 1. The monoisotopic (exact) mass is 386 g/mol. The van der Waals surface area contributed by atoms with E-state index in [1.807, 2.05) is 55.6 Å². The van der Waals surface area contributed by atoms with Crippen molar-refractivity contribution in [3.05, 3.63) is 59.8 Å². The lowest BCUT2D eigenvalue weighted by atomic mass is 10.1. The Morgan fingerprint density at radius 3 is 2.56 bits per heavy atom. The number of H-pyrrole nitrogens is 1. The predicted molar refractivity (Wildman–Crippen MR) is 106 cm³/mol. The van der Waals surface area contributed by atoms with Crippen LogP contribution in [0.3, 0.4) is 0 Å². The first kappa shape index (κ1) is 19.4. The lowest BCUT2D eigenvalue weighted by Crippen LogP contribution is -2.45. The highest BCUT2D eigenvalue weighted by Gasteiger charge is 2.22. The SMILES string of the molecule is C[N+](CO)(CCO)Cc1ccc2[nH]c(C(N)=O)c(Sc3ccccc3)c2c1. The second-order valence-electron chi connectivity index (χ2n) is 6.85. The summed E-state index contributed by atoms with van der Waals surface area (Å²) in [4.78, 5) is 16.9. The summed E-state index contributed by atoms with van der Waals surface area (Å²) in [5, 5.41) is 19.9. The maximum atomic E-state index is 11.9. The first-order valence-corrected chi connectivity index (χ1v) is 9.50. The summed E-state index contributed by atoms with van der Waals surface area (Å²) in [6, 6.07) is 15.7. The van der Waals surface area contributed by atoms with Crippen molar-refractivity contribution in [2.45, 2.75) is 16.3 Å². The van der Waals surface area contributed by atoms with Crippen molar-refractivity contribution in [3.63, 3.8) is 0 Å². The van der Waals surface area contributed by atoms with Gasteiger partial charge < -0.3 is 20.9 Å². The molecule has 3 aromatic rings. The molecule has 0 aliphatic rings. The molecule has 142 valence electrons. The van der Waals surface area contributed by atoms with Crippen molar-refractivity contribution in [3.8, 4) is 0 Å². The molecule has 1 heterocycles. The Morgan fingerprint density at radius 1 is 1.19 bits per heavy atom. The molecule has 0 bridgehead atoms. The molecule has 1 amide bonds. The number of hydrogen-bond acceptors (Lipinski definition) is 4. The number of nitrogens with two attached hydrogens (primary N) is 1. The predicted octanol–water partition coefficient (Wildman–Crippen LogP) is 2.31. The number of rotatable bonds is 8. The third-order valence-corrected chi connectivity index (χ3v) is 5.71. The average Bonchev–Trinajstić information content (AvgIpc) is 3.01. The van der Waals surface area contributed by atoms with Gasteiger partial charge in [-0.1, -0.05) is 36.0 Å². The minimum absolute atomic E-state index is 0.00436. The molecule has 5 N–H and O–H groups in total. The molecule has 3 rings (SSSR count). The summed E-state index contributed by atoms with van der Waals surface area (Å²) >= 11 is 1.49. The highest BCUT2D eigenvalue weighted by atomic mass is 32.2. The number of quaternary nitrogens is 1. The van der Waals surface area contributed by atoms with E-state index < -0.39 is 5.91 Å². The van der Waals surface area contributed by atoms with Gasteiger partial charge in [0.15, 0.2) is 6.73 Å². The fraction of sp³-hybridized carbons (Fsp3) is 0.250. The third-order valence-electron chi connectivity index (χ3n) is 4.57. The number of aliphatic hydroxyl groups excluding tert-OH is 2. The Balaban J connectivity index is 2.04. The lowest BCUT2D eigenvalue weighted by molar-refractivity contribution is -0.940. The second kappa shape index (κ2) is 8.14. The van der Waals surface area contributed by atoms with Crippen LogP contribution in [0.25, 0.3) is 10.9 Å². The first-order chi connectivity index (χ1) is 13.0. The molecule has 1 unspecified atom stereocenters. The van der Waals surface area contributed by atoms with Crippen molar-refractivity contribution in [1.29, 1.82) is 0 Å². The number of fused-ring (bicyclic) bond motifs is 1. The Bertz CT molecular complexity index is 942. The van der Waals surface area contributed by atoms with Crippen molar-refractivity contribution in [1.82, 2.24) is 4.98 Å². The summed E-state index contributed by atoms with van der Waals surface area (Å²) in [7, 11) is 1.89. The van der Waals surface area contributed by atoms with Crippen molar-refractivity contribution >= 4 is 28.6 Å². The van der Waals surface area contributed by atoms with Gasteiger partial charge in [-0.05, 0) is 24.3 Å². The number of benzene rings is 2. The van der Waals surface area contributed by atoms with Gasteiger partial charge >= 0.3 is 0 Å². The van der Waals surface area contributed by atoms with Crippen LogP contribution < -0.4 is 5.73 Å². The normalized spacial score (nSPS) is 13.6. The highest BCUT2D eigenvalue weighted by Crippen LogP contribution is 2.37. The van der Waals surface area contributed by atoms with Gasteiger partial charge in [-0.3, -0.25) is 9.28 Å². The van der Waals surface area contributed by atoms with E-state index in [4.69, 9.17) is 5.73 Å². The van der Waals surface area contributed by atoms with Gasteiger partial charge in [0.1, 0.15) is 18.8 Å². The number of carbonyl (C=O) groups excluding carboxylic acids is 1. The zero-order valence-electron chi connectivity index (χ0n) is 15.2. The Morgan fingerprint density at radius 2 is 1.93 bits per heavy atom. The summed E-state index contributed by atoms with van der Waals surface area (Å²) in [6.07, 6.45) is 0. The van der Waals surface area contributed by atoms with Gasteiger partial charge in [0.25, 0.3) is 5.91 Å². The average molecular weight is 386 g/mol. The number of hydrogen-bond donors (Lipinski definition) is 4. The topological polar surface area (TPSA) is 99.3 Å². The Hall–Kier alpha value is -2.32. The fourth-order valence-electron chi connectivity index (χ4n) is 3.08. The highest BCUT2D eigenvalue weighted by molar-refractivity contribution is 7.99. The molecule has 0 fully saturated rings. The number of aliphatic hydroxyl groups is 2. The van der Waals surface area contributed by atoms with Crippen LogP contribution in [-0.2, 0) is 6.54 Å². The van der Waals surface area contributed by atoms with Crippen LogP contribution in [-0.4, -0.2) is 52.5 Å². The van der Waals surface area contributed by atoms with Crippen LogP contribution >= 0.6 is 11.8 Å². The third kappa shape index (κ3) is 4.33. The van der Waals surface area contributed by atoms with Gasteiger partial charge in [-0.15, -0.1) is 0 Å². The standard InChI is InChI=1S/C20H23N3O3S/c1-23(13-25,9-10-24)12-14-7-8-17-16(11-14)19(18(22-17)20(21)26)27-15-5-3-2-4-6-15/h2-8,11,24-25H,9-10,12-13H2,1H3,(H2-,21,22,26)/p+1. The molecule has 1 aromatic heterocycles. The summed E-state index contributed by atoms with van der Waals surface area (Å²) < 4.78 is 0.316. The molecule has 7 heteroatoms. The van der Waals surface area contributed by atoms with Gasteiger partial charge in [0.05, 0.1) is 18.6 Å². The molecule has 0 saturated carbocycles. The van der Waals surface area contributed by atoms with Gasteiger partial charge in [-0.25, -0.2) is 0 Å².